The third kappa shape index (κ3) is 3.25. The van der Waals surface area contributed by atoms with Gasteiger partial charge in [0, 0.05) is 19.8 Å². The summed E-state index contributed by atoms with van der Waals surface area (Å²) in [7, 11) is 4.15. The number of allylic oxidation sites excluding steroid dienone is 3. The van der Waals surface area contributed by atoms with E-state index >= 15 is 0 Å². The van der Waals surface area contributed by atoms with Crippen LogP contribution in [-0.2, 0) is 0 Å². The standard InChI is InChI=1S/C12H23N/c1-9(2)11(12(4,5)6)10(3)13(7)8/h1H2,2-8H3/b11-10+. The van der Waals surface area contributed by atoms with E-state index in [-0.39, 0.29) is 5.41 Å². The minimum Gasteiger partial charge on any atom is -0.381 e. The second kappa shape index (κ2) is 3.99. The predicted molar refractivity (Wildman–Crippen MR) is 60.7 cm³/mol. The van der Waals surface area contributed by atoms with Crippen LogP contribution in [0.5, 0.6) is 0 Å². The Morgan fingerprint density at radius 1 is 1.08 bits per heavy atom. The SMILES string of the molecule is C=C(C)/C(=C(/C)N(C)C)C(C)(C)C. The molecule has 0 aliphatic heterocycles. The van der Waals surface area contributed by atoms with Gasteiger partial charge in [0.2, 0.25) is 0 Å². The lowest BCUT2D eigenvalue weighted by Crippen LogP contribution is -2.19. The fourth-order valence-electron chi connectivity index (χ4n) is 1.72. The molecule has 0 aromatic heterocycles. The zero-order valence-electron chi connectivity index (χ0n) is 10.2. The molecule has 1 heteroatoms. The smallest absolute Gasteiger partial charge is 0.0136 e. The second-order valence-electron chi connectivity index (χ2n) is 4.89. The van der Waals surface area contributed by atoms with E-state index in [0.29, 0.717) is 0 Å². The lowest BCUT2D eigenvalue weighted by atomic mass is 9.81. The van der Waals surface area contributed by atoms with Crippen molar-refractivity contribution in [3.05, 3.63) is 23.4 Å². The van der Waals surface area contributed by atoms with Crippen LogP contribution in [0, 0.1) is 5.41 Å². The van der Waals surface area contributed by atoms with Crippen LogP contribution in [0.25, 0.3) is 0 Å². The summed E-state index contributed by atoms with van der Waals surface area (Å²) in [4.78, 5) is 2.15. The normalized spacial score (nSPS) is 13.8. The number of nitrogens with zero attached hydrogens (tertiary/aromatic N) is 1. The van der Waals surface area contributed by atoms with Crippen molar-refractivity contribution in [1.82, 2.24) is 4.90 Å². The van der Waals surface area contributed by atoms with Gasteiger partial charge in [0.15, 0.2) is 0 Å². The minimum atomic E-state index is 0.181. The van der Waals surface area contributed by atoms with Crippen molar-refractivity contribution in [3.63, 3.8) is 0 Å². The molecule has 0 aromatic carbocycles. The van der Waals surface area contributed by atoms with Crippen LogP contribution >= 0.6 is 0 Å². The zero-order valence-corrected chi connectivity index (χ0v) is 10.2. The molecule has 0 aliphatic rings. The molecule has 0 saturated carbocycles. The summed E-state index contributed by atoms with van der Waals surface area (Å²) < 4.78 is 0. The molecule has 0 aromatic rings. The van der Waals surface area contributed by atoms with Gasteiger partial charge in [0.1, 0.15) is 0 Å². The Labute approximate surface area is 83.1 Å². The molecule has 0 atom stereocenters. The molecule has 0 N–H and O–H groups in total. The highest BCUT2D eigenvalue weighted by molar-refractivity contribution is 5.34. The van der Waals surface area contributed by atoms with Gasteiger partial charge in [0.05, 0.1) is 0 Å². The third-order valence-electron chi connectivity index (χ3n) is 2.21. The molecule has 76 valence electrons. The van der Waals surface area contributed by atoms with Crippen LogP contribution in [0.4, 0.5) is 0 Å². The van der Waals surface area contributed by atoms with Crippen molar-refractivity contribution in [2.75, 3.05) is 14.1 Å². The molecule has 1 nitrogen and oxygen atoms in total. The summed E-state index contributed by atoms with van der Waals surface area (Å²) in [6.07, 6.45) is 0. The van der Waals surface area contributed by atoms with E-state index in [9.17, 15) is 0 Å². The van der Waals surface area contributed by atoms with Crippen molar-refractivity contribution in [1.29, 1.82) is 0 Å². The van der Waals surface area contributed by atoms with Crippen LogP contribution in [0.3, 0.4) is 0 Å². The van der Waals surface area contributed by atoms with Gasteiger partial charge in [-0.1, -0.05) is 32.9 Å². The summed E-state index contributed by atoms with van der Waals surface area (Å²) in [5.74, 6) is 0. The van der Waals surface area contributed by atoms with Gasteiger partial charge in [-0.15, -0.1) is 0 Å². The topological polar surface area (TPSA) is 3.24 Å². The summed E-state index contributed by atoms with van der Waals surface area (Å²) in [5.41, 5.74) is 4.01. The van der Waals surface area contributed by atoms with E-state index in [1.54, 1.807) is 0 Å². The van der Waals surface area contributed by atoms with Gasteiger partial charge < -0.3 is 4.90 Å². The van der Waals surface area contributed by atoms with Gasteiger partial charge in [-0.3, -0.25) is 0 Å². The second-order valence-corrected chi connectivity index (χ2v) is 4.89. The Hall–Kier alpha value is -0.720. The molecule has 0 unspecified atom stereocenters. The fourth-order valence-corrected chi connectivity index (χ4v) is 1.72. The highest BCUT2D eigenvalue weighted by atomic mass is 15.1. The molecular formula is C12H23N. The summed E-state index contributed by atoms with van der Waals surface area (Å²) in [6.45, 7) is 14.9. The first-order valence-electron chi connectivity index (χ1n) is 4.72. The lowest BCUT2D eigenvalue weighted by Gasteiger charge is -2.29. The van der Waals surface area contributed by atoms with Crippen molar-refractivity contribution >= 4 is 0 Å². The molecule has 0 heterocycles. The maximum atomic E-state index is 4.04. The Morgan fingerprint density at radius 3 is 1.54 bits per heavy atom. The molecule has 0 spiro atoms. The molecule has 0 radical (unpaired) electrons. The van der Waals surface area contributed by atoms with Crippen LogP contribution in [-0.4, -0.2) is 19.0 Å². The van der Waals surface area contributed by atoms with Gasteiger partial charge in [-0.25, -0.2) is 0 Å². The summed E-state index contributed by atoms with van der Waals surface area (Å²) >= 11 is 0. The highest BCUT2D eigenvalue weighted by Gasteiger charge is 2.20. The van der Waals surface area contributed by atoms with E-state index in [0.717, 1.165) is 0 Å². The minimum absolute atomic E-state index is 0.181. The largest absolute Gasteiger partial charge is 0.381 e. The van der Waals surface area contributed by atoms with Crippen LogP contribution in [0.1, 0.15) is 34.6 Å². The average molecular weight is 181 g/mol. The van der Waals surface area contributed by atoms with Gasteiger partial charge in [-0.05, 0) is 24.8 Å². The molecule has 0 rings (SSSR count). The highest BCUT2D eigenvalue weighted by Crippen LogP contribution is 2.33. The van der Waals surface area contributed by atoms with Gasteiger partial charge >= 0.3 is 0 Å². The Balaban J connectivity index is 5.27. The zero-order chi connectivity index (χ0) is 10.8. The predicted octanol–water partition coefficient (Wildman–Crippen LogP) is 3.44. The molecular weight excluding hydrogens is 158 g/mol. The van der Waals surface area contributed by atoms with E-state index in [1.165, 1.54) is 16.8 Å². The monoisotopic (exact) mass is 181 g/mol. The van der Waals surface area contributed by atoms with Crippen molar-refractivity contribution < 1.29 is 0 Å². The van der Waals surface area contributed by atoms with Crippen molar-refractivity contribution in [2.45, 2.75) is 34.6 Å². The summed E-state index contributed by atoms with van der Waals surface area (Å²) in [6, 6.07) is 0. The third-order valence-corrected chi connectivity index (χ3v) is 2.21. The van der Waals surface area contributed by atoms with Crippen molar-refractivity contribution in [3.8, 4) is 0 Å². The van der Waals surface area contributed by atoms with Crippen molar-refractivity contribution in [2.24, 2.45) is 5.41 Å². The average Bonchev–Trinajstić information content (AvgIpc) is 1.82. The first-order chi connectivity index (χ1) is 5.68. The van der Waals surface area contributed by atoms with Crippen LogP contribution in [0.15, 0.2) is 23.4 Å². The molecule has 0 saturated heterocycles. The number of hydrogen-bond acceptors (Lipinski definition) is 1. The molecule has 13 heavy (non-hydrogen) atoms. The fraction of sp³-hybridized carbons (Fsp3) is 0.667. The Morgan fingerprint density at radius 2 is 1.46 bits per heavy atom. The maximum absolute atomic E-state index is 4.04. The van der Waals surface area contributed by atoms with E-state index in [1.807, 2.05) is 0 Å². The lowest BCUT2D eigenvalue weighted by molar-refractivity contribution is 0.449. The maximum Gasteiger partial charge on any atom is 0.0136 e. The molecule has 0 amide bonds. The number of hydrogen-bond donors (Lipinski definition) is 0. The first-order valence-corrected chi connectivity index (χ1v) is 4.72. The molecule has 0 aliphatic carbocycles. The number of rotatable bonds is 2. The van der Waals surface area contributed by atoms with Gasteiger partial charge in [-0.2, -0.15) is 0 Å². The Bertz CT molecular complexity index is 226. The molecule has 0 bridgehead atoms. The van der Waals surface area contributed by atoms with Crippen LogP contribution < -0.4 is 0 Å². The van der Waals surface area contributed by atoms with E-state index in [4.69, 9.17) is 0 Å². The van der Waals surface area contributed by atoms with E-state index in [2.05, 4.69) is 60.2 Å². The Kier molecular flexibility index (Phi) is 3.77. The van der Waals surface area contributed by atoms with Gasteiger partial charge in [0.25, 0.3) is 0 Å². The molecule has 0 fully saturated rings. The quantitative estimate of drug-likeness (QED) is 0.590. The van der Waals surface area contributed by atoms with Crippen LogP contribution in [0.2, 0.25) is 0 Å². The summed E-state index contributed by atoms with van der Waals surface area (Å²) in [5, 5.41) is 0. The van der Waals surface area contributed by atoms with E-state index < -0.39 is 0 Å². The first kappa shape index (κ1) is 12.3.